The van der Waals surface area contributed by atoms with Gasteiger partial charge in [0.05, 0.1) is 10.0 Å². The molecule has 1 heterocycles. The van der Waals surface area contributed by atoms with Crippen LogP contribution in [0.1, 0.15) is 19.3 Å². The van der Waals surface area contributed by atoms with Gasteiger partial charge >= 0.3 is 0 Å². The van der Waals surface area contributed by atoms with Crippen LogP contribution in [0.2, 0.25) is 15.1 Å². The lowest BCUT2D eigenvalue weighted by Crippen LogP contribution is -2.39. The van der Waals surface area contributed by atoms with E-state index in [1.807, 2.05) is 7.05 Å². The second-order valence-electron chi connectivity index (χ2n) is 5.44. The highest BCUT2D eigenvalue weighted by atomic mass is 35.5. The topological polar surface area (TPSA) is 49.4 Å². The smallest absolute Gasteiger partial charge is 0.246 e. The van der Waals surface area contributed by atoms with Crippen molar-refractivity contribution < 1.29 is 8.42 Å². The number of piperidine rings is 1. The first-order chi connectivity index (χ1) is 10.4. The summed E-state index contributed by atoms with van der Waals surface area (Å²) in [6, 6.07) is 2.81. The standard InChI is InChI=1S/C14H19Cl3N2O2S.ClH/c1-18-5-2-10-3-6-19(7-4-10)22(20,21)14-12(16)8-11(15)9-13(14)17;/h8-10,18H,2-7H2,1H3;1H. The molecular weight excluding hydrogens is 402 g/mol. The average molecular weight is 422 g/mol. The van der Waals surface area contributed by atoms with E-state index in [1.54, 1.807) is 0 Å². The molecule has 0 amide bonds. The molecule has 0 unspecified atom stereocenters. The fourth-order valence-electron chi connectivity index (χ4n) is 2.69. The second kappa shape index (κ2) is 9.09. The average Bonchev–Trinajstić information content (AvgIpc) is 2.44. The zero-order valence-electron chi connectivity index (χ0n) is 12.7. The summed E-state index contributed by atoms with van der Waals surface area (Å²) in [6.07, 6.45) is 2.76. The van der Waals surface area contributed by atoms with Gasteiger partial charge in [-0.15, -0.1) is 12.4 Å². The molecule has 1 aliphatic rings. The number of halogens is 4. The number of nitrogens with zero attached hydrogens (tertiary/aromatic N) is 1. The quantitative estimate of drug-likeness (QED) is 0.779. The number of sulfonamides is 1. The molecule has 1 fully saturated rings. The maximum Gasteiger partial charge on any atom is 0.246 e. The van der Waals surface area contributed by atoms with Crippen LogP contribution in [0, 0.1) is 5.92 Å². The fourth-order valence-corrected chi connectivity index (χ4v) is 5.65. The van der Waals surface area contributed by atoms with Gasteiger partial charge < -0.3 is 5.32 Å². The van der Waals surface area contributed by atoms with Crippen molar-refractivity contribution in [1.82, 2.24) is 9.62 Å². The van der Waals surface area contributed by atoms with Crippen LogP contribution in [-0.4, -0.2) is 39.4 Å². The summed E-state index contributed by atoms with van der Waals surface area (Å²) in [7, 11) is -1.77. The third-order valence-electron chi connectivity index (χ3n) is 3.94. The van der Waals surface area contributed by atoms with E-state index in [2.05, 4.69) is 5.32 Å². The Kier molecular flexibility index (Phi) is 8.41. The van der Waals surface area contributed by atoms with Crippen LogP contribution in [0.15, 0.2) is 17.0 Å². The van der Waals surface area contributed by atoms with Crippen LogP contribution in [0.5, 0.6) is 0 Å². The fraction of sp³-hybridized carbons (Fsp3) is 0.571. The normalized spacial score (nSPS) is 17.0. The molecule has 2 rings (SSSR count). The zero-order chi connectivity index (χ0) is 16.3. The molecule has 0 atom stereocenters. The lowest BCUT2D eigenvalue weighted by Gasteiger charge is -2.31. The lowest BCUT2D eigenvalue weighted by atomic mass is 9.95. The number of hydrogen-bond acceptors (Lipinski definition) is 3. The molecule has 0 aromatic heterocycles. The third-order valence-corrected chi connectivity index (χ3v) is 6.98. The van der Waals surface area contributed by atoms with Crippen molar-refractivity contribution in [3.8, 4) is 0 Å². The Morgan fingerprint density at radius 1 is 1.17 bits per heavy atom. The molecule has 132 valence electrons. The summed E-state index contributed by atoms with van der Waals surface area (Å²) in [5.41, 5.74) is 0. The monoisotopic (exact) mass is 420 g/mol. The number of benzene rings is 1. The van der Waals surface area contributed by atoms with E-state index in [1.165, 1.54) is 16.4 Å². The molecule has 1 aromatic rings. The molecular formula is C14H20Cl4N2O2S. The maximum atomic E-state index is 12.8. The Morgan fingerprint density at radius 3 is 2.17 bits per heavy atom. The highest BCUT2D eigenvalue weighted by Gasteiger charge is 2.32. The van der Waals surface area contributed by atoms with E-state index < -0.39 is 10.0 Å². The number of rotatable bonds is 5. The molecule has 0 bridgehead atoms. The van der Waals surface area contributed by atoms with Crippen LogP contribution < -0.4 is 5.32 Å². The van der Waals surface area contributed by atoms with E-state index in [9.17, 15) is 8.42 Å². The zero-order valence-corrected chi connectivity index (χ0v) is 16.6. The van der Waals surface area contributed by atoms with Gasteiger partial charge in [-0.25, -0.2) is 8.42 Å². The van der Waals surface area contributed by atoms with Gasteiger partial charge in [0.1, 0.15) is 4.90 Å². The van der Waals surface area contributed by atoms with Gasteiger partial charge in [0.2, 0.25) is 10.0 Å². The van der Waals surface area contributed by atoms with Gasteiger partial charge in [-0.05, 0) is 50.9 Å². The van der Waals surface area contributed by atoms with Crippen LogP contribution in [-0.2, 0) is 10.0 Å². The molecule has 23 heavy (non-hydrogen) atoms. The highest BCUT2D eigenvalue weighted by Crippen LogP contribution is 2.36. The van der Waals surface area contributed by atoms with Gasteiger partial charge in [-0.2, -0.15) is 4.31 Å². The third kappa shape index (κ3) is 5.11. The molecule has 0 aliphatic carbocycles. The molecule has 1 saturated heterocycles. The minimum absolute atomic E-state index is 0. The summed E-state index contributed by atoms with van der Waals surface area (Å²) < 4.78 is 27.0. The minimum Gasteiger partial charge on any atom is -0.320 e. The summed E-state index contributed by atoms with van der Waals surface area (Å²) in [4.78, 5) is -0.0473. The van der Waals surface area contributed by atoms with E-state index in [0.29, 0.717) is 24.0 Å². The molecule has 1 aliphatic heterocycles. The SMILES string of the molecule is CNCCC1CCN(S(=O)(=O)c2c(Cl)cc(Cl)cc2Cl)CC1.Cl. The summed E-state index contributed by atoms with van der Waals surface area (Å²) in [6.45, 7) is 1.93. The molecule has 9 heteroatoms. The van der Waals surface area contributed by atoms with E-state index in [4.69, 9.17) is 34.8 Å². The maximum absolute atomic E-state index is 12.8. The second-order valence-corrected chi connectivity index (χ2v) is 8.56. The molecule has 1 aromatic carbocycles. The molecule has 0 saturated carbocycles. The Morgan fingerprint density at radius 2 is 1.70 bits per heavy atom. The first-order valence-electron chi connectivity index (χ1n) is 7.15. The first kappa shape index (κ1) is 21.3. The molecule has 1 N–H and O–H groups in total. The van der Waals surface area contributed by atoms with Crippen molar-refractivity contribution in [1.29, 1.82) is 0 Å². The van der Waals surface area contributed by atoms with Crippen LogP contribution in [0.25, 0.3) is 0 Å². The predicted octanol–water partition coefficient (Wildman–Crippen LogP) is 4.08. The summed E-state index contributed by atoms with van der Waals surface area (Å²) >= 11 is 17.9. The van der Waals surface area contributed by atoms with Gasteiger partial charge in [0.15, 0.2) is 0 Å². The summed E-state index contributed by atoms with van der Waals surface area (Å²) in [5.74, 6) is 0.551. The van der Waals surface area contributed by atoms with Crippen molar-refractivity contribution in [3.05, 3.63) is 27.2 Å². The van der Waals surface area contributed by atoms with Gasteiger partial charge in [-0.1, -0.05) is 34.8 Å². The van der Waals surface area contributed by atoms with E-state index in [0.717, 1.165) is 25.8 Å². The van der Waals surface area contributed by atoms with E-state index in [-0.39, 0.29) is 27.3 Å². The molecule has 0 spiro atoms. The Hall–Kier alpha value is 0.250. The van der Waals surface area contributed by atoms with Crippen molar-refractivity contribution >= 4 is 57.2 Å². The minimum atomic E-state index is -3.69. The number of nitrogens with one attached hydrogen (secondary N) is 1. The summed E-state index contributed by atoms with van der Waals surface area (Å²) in [5, 5.41) is 3.57. The predicted molar refractivity (Wildman–Crippen MR) is 98.7 cm³/mol. The Labute approximate surface area is 158 Å². The van der Waals surface area contributed by atoms with Crippen molar-refractivity contribution in [2.75, 3.05) is 26.7 Å². The van der Waals surface area contributed by atoms with Gasteiger partial charge in [0.25, 0.3) is 0 Å². The van der Waals surface area contributed by atoms with E-state index >= 15 is 0 Å². The van der Waals surface area contributed by atoms with Crippen molar-refractivity contribution in [2.24, 2.45) is 5.92 Å². The number of hydrogen-bond donors (Lipinski definition) is 1. The van der Waals surface area contributed by atoms with Crippen molar-refractivity contribution in [2.45, 2.75) is 24.2 Å². The highest BCUT2D eigenvalue weighted by molar-refractivity contribution is 7.89. The van der Waals surface area contributed by atoms with Crippen LogP contribution in [0.4, 0.5) is 0 Å². The first-order valence-corrected chi connectivity index (χ1v) is 9.73. The van der Waals surface area contributed by atoms with Crippen LogP contribution in [0.3, 0.4) is 0 Å². The molecule has 4 nitrogen and oxygen atoms in total. The largest absolute Gasteiger partial charge is 0.320 e. The Balaban J connectivity index is 0.00000264. The Bertz CT molecular complexity index is 609. The van der Waals surface area contributed by atoms with Crippen LogP contribution >= 0.6 is 47.2 Å². The lowest BCUT2D eigenvalue weighted by molar-refractivity contribution is 0.263. The molecule has 0 radical (unpaired) electrons. The van der Waals surface area contributed by atoms with Crippen molar-refractivity contribution in [3.63, 3.8) is 0 Å². The van der Waals surface area contributed by atoms with Gasteiger partial charge in [0, 0.05) is 18.1 Å². The van der Waals surface area contributed by atoms with Gasteiger partial charge in [-0.3, -0.25) is 0 Å².